The van der Waals surface area contributed by atoms with Crippen LogP contribution in [-0.2, 0) is 0 Å². The van der Waals surface area contributed by atoms with Crippen LogP contribution in [0.1, 0.15) is 22.3 Å². The molecule has 0 saturated carbocycles. The first-order valence-electron chi connectivity index (χ1n) is 43.1. The molecule has 0 unspecified atom stereocenters. The third-order valence-electron chi connectivity index (χ3n) is 25.4. The van der Waals surface area contributed by atoms with Crippen LogP contribution in [0.25, 0.3) is 220 Å². The highest BCUT2D eigenvalue weighted by molar-refractivity contribution is 6.24. The number of hydrogen-bond donors (Lipinski definition) is 0. The molecule has 0 aliphatic rings. The van der Waals surface area contributed by atoms with Gasteiger partial charge in [-0.05, 0) is 266 Å². The Bertz CT molecular complexity index is 8010. The van der Waals surface area contributed by atoms with E-state index >= 15 is 0 Å². The Balaban J connectivity index is 0.000000148. The molecule has 21 aromatic carbocycles. The largest absolute Gasteiger partial charge is 0.309 e. The molecule has 584 valence electrons. The van der Waals surface area contributed by atoms with E-state index in [1.54, 1.807) is 0 Å². The molecule has 0 spiro atoms. The van der Waals surface area contributed by atoms with Crippen LogP contribution in [0, 0.1) is 27.7 Å². The Morgan fingerprint density at radius 1 is 0.121 bits per heavy atom. The van der Waals surface area contributed by atoms with Gasteiger partial charge in [0, 0.05) is 32.9 Å². The number of aromatic nitrogens is 2. The van der Waals surface area contributed by atoms with Crippen molar-refractivity contribution in [2.45, 2.75) is 27.7 Å². The number of hydrogen-bond acceptors (Lipinski definition) is 0. The van der Waals surface area contributed by atoms with Crippen molar-refractivity contribution in [2.24, 2.45) is 0 Å². The van der Waals surface area contributed by atoms with Crippen molar-refractivity contribution in [1.82, 2.24) is 9.13 Å². The Morgan fingerprint density at radius 2 is 0.290 bits per heavy atom. The summed E-state index contributed by atoms with van der Waals surface area (Å²) < 4.78 is 4.78. The van der Waals surface area contributed by atoms with Gasteiger partial charge in [0.2, 0.25) is 0 Å². The van der Waals surface area contributed by atoms with E-state index in [1.165, 1.54) is 237 Å². The first-order valence-corrected chi connectivity index (χ1v) is 43.1. The number of para-hydroxylation sites is 2. The lowest BCUT2D eigenvalue weighted by Crippen LogP contribution is -1.93. The van der Waals surface area contributed by atoms with Gasteiger partial charge in [0.15, 0.2) is 0 Å². The zero-order valence-corrected chi connectivity index (χ0v) is 69.6. The summed E-state index contributed by atoms with van der Waals surface area (Å²) >= 11 is 0. The van der Waals surface area contributed by atoms with Crippen LogP contribution in [0.3, 0.4) is 0 Å². The molecule has 0 N–H and O–H groups in total. The Hall–Kier alpha value is -15.7. The minimum atomic E-state index is 1.16. The molecule has 2 aromatic heterocycles. The number of aryl methyl sites for hydroxylation is 4. The average Bonchev–Trinajstić information content (AvgIpc) is 0.933. The van der Waals surface area contributed by atoms with Gasteiger partial charge in [-0.1, -0.05) is 398 Å². The molecule has 23 rings (SSSR count). The van der Waals surface area contributed by atoms with Crippen LogP contribution in [0.15, 0.2) is 449 Å². The van der Waals surface area contributed by atoms with Gasteiger partial charge < -0.3 is 9.13 Å². The van der Waals surface area contributed by atoms with Gasteiger partial charge in [-0.3, -0.25) is 0 Å². The van der Waals surface area contributed by atoms with Crippen LogP contribution in [0.4, 0.5) is 0 Å². The van der Waals surface area contributed by atoms with Crippen molar-refractivity contribution in [1.29, 1.82) is 0 Å². The molecule has 0 atom stereocenters. The summed E-state index contributed by atoms with van der Waals surface area (Å²) in [5.74, 6) is 0. The molecule has 0 aliphatic heterocycles. The van der Waals surface area contributed by atoms with Gasteiger partial charge in [0.1, 0.15) is 0 Å². The second kappa shape index (κ2) is 31.4. The van der Waals surface area contributed by atoms with E-state index < -0.39 is 0 Å². The SMILES string of the molecule is Cc1ccc2c(-c3ccc(-c4ccc(-c5ccc6c(c5)c5cc(-c7ccccc7)ccc5n6-c5ccccc5)cc4)cc3)c3cc(C)ccc3c(-c3ccc(-c4ccccc4)cc3)c2c1.Cc1ccc2c(-c3ccc(-c4ccc(-c5ccc6c(c5)c5cc(-c7ccccc7)ccc5n6-c5ccccc5)cc4)cc3)c3cc(C)ccc3c(-c3ccccc3)c2c1. The highest BCUT2D eigenvalue weighted by atomic mass is 15.0. The maximum Gasteiger partial charge on any atom is 0.0541 e. The third-order valence-corrected chi connectivity index (χ3v) is 25.4. The summed E-state index contributed by atoms with van der Waals surface area (Å²) in [7, 11) is 0. The Labute approximate surface area is 723 Å². The van der Waals surface area contributed by atoms with E-state index in [4.69, 9.17) is 0 Å². The fourth-order valence-electron chi connectivity index (χ4n) is 19.3. The summed E-state index contributed by atoms with van der Waals surface area (Å²) in [5.41, 5.74) is 39.3. The van der Waals surface area contributed by atoms with Crippen molar-refractivity contribution in [3.63, 3.8) is 0 Å². The first kappa shape index (κ1) is 74.5. The van der Waals surface area contributed by atoms with Gasteiger partial charge in [0.05, 0.1) is 22.1 Å². The predicted octanol–water partition coefficient (Wildman–Crippen LogP) is 33.8. The second-order valence-electron chi connectivity index (χ2n) is 33.3. The molecule has 2 heteroatoms. The lowest BCUT2D eigenvalue weighted by Gasteiger charge is -2.19. The smallest absolute Gasteiger partial charge is 0.0541 e. The van der Waals surface area contributed by atoms with Gasteiger partial charge >= 0.3 is 0 Å². The zero-order chi connectivity index (χ0) is 82.9. The molecule has 0 bridgehead atoms. The van der Waals surface area contributed by atoms with E-state index in [0.29, 0.717) is 0 Å². The topological polar surface area (TPSA) is 9.86 Å². The van der Waals surface area contributed by atoms with Gasteiger partial charge in [-0.2, -0.15) is 0 Å². The van der Waals surface area contributed by atoms with Crippen LogP contribution < -0.4 is 0 Å². The van der Waals surface area contributed by atoms with Crippen LogP contribution in [0.2, 0.25) is 0 Å². The van der Waals surface area contributed by atoms with E-state index in [-0.39, 0.29) is 0 Å². The van der Waals surface area contributed by atoms with Crippen molar-refractivity contribution >= 4 is 86.7 Å². The number of rotatable bonds is 13. The van der Waals surface area contributed by atoms with Crippen molar-refractivity contribution < 1.29 is 0 Å². The molecule has 0 saturated heterocycles. The second-order valence-corrected chi connectivity index (χ2v) is 33.3. The monoisotopic (exact) mass is 1580 g/mol. The number of nitrogens with zero attached hydrogens (tertiary/aromatic N) is 2. The third kappa shape index (κ3) is 13.6. The van der Waals surface area contributed by atoms with Gasteiger partial charge in [-0.15, -0.1) is 0 Å². The lowest BCUT2D eigenvalue weighted by molar-refractivity contribution is 1.18. The fourth-order valence-corrected chi connectivity index (χ4v) is 19.3. The van der Waals surface area contributed by atoms with E-state index in [9.17, 15) is 0 Å². The minimum absolute atomic E-state index is 1.16. The Kier molecular flexibility index (Phi) is 18.9. The maximum absolute atomic E-state index is 2.39. The molecule has 2 heterocycles. The van der Waals surface area contributed by atoms with Crippen molar-refractivity contribution in [3.05, 3.63) is 471 Å². The van der Waals surface area contributed by atoms with Crippen LogP contribution in [0.5, 0.6) is 0 Å². The average molecular weight is 1580 g/mol. The van der Waals surface area contributed by atoms with E-state index in [2.05, 4.69) is 486 Å². The van der Waals surface area contributed by atoms with E-state index in [1.807, 2.05) is 0 Å². The van der Waals surface area contributed by atoms with Gasteiger partial charge in [-0.25, -0.2) is 0 Å². The quantitative estimate of drug-likeness (QED) is 0.102. The summed E-state index contributed by atoms with van der Waals surface area (Å²) in [5, 5.41) is 15.3. The predicted molar refractivity (Wildman–Crippen MR) is 530 cm³/mol. The maximum atomic E-state index is 2.39. The minimum Gasteiger partial charge on any atom is -0.309 e. The molecule has 0 radical (unpaired) electrons. The summed E-state index contributed by atoms with van der Waals surface area (Å²) in [6.45, 7) is 8.79. The van der Waals surface area contributed by atoms with Crippen LogP contribution >= 0.6 is 0 Å². The van der Waals surface area contributed by atoms with E-state index in [0.717, 1.165) is 5.69 Å². The molecular formula is C122H86N2. The highest BCUT2D eigenvalue weighted by Gasteiger charge is 2.23. The molecule has 0 aliphatic carbocycles. The summed E-state index contributed by atoms with van der Waals surface area (Å²) in [6, 6.07) is 165. The number of fused-ring (bicyclic) bond motifs is 10. The van der Waals surface area contributed by atoms with Crippen LogP contribution in [-0.4, -0.2) is 9.13 Å². The summed E-state index contributed by atoms with van der Waals surface area (Å²) in [6.07, 6.45) is 0. The van der Waals surface area contributed by atoms with Crippen molar-refractivity contribution in [2.75, 3.05) is 0 Å². The molecule has 2 nitrogen and oxygen atoms in total. The highest BCUT2D eigenvalue weighted by Crippen LogP contribution is 2.49. The molecular weight excluding hydrogens is 1490 g/mol. The molecule has 124 heavy (non-hydrogen) atoms. The Morgan fingerprint density at radius 3 is 0.524 bits per heavy atom. The van der Waals surface area contributed by atoms with Crippen molar-refractivity contribution in [3.8, 4) is 134 Å². The zero-order valence-electron chi connectivity index (χ0n) is 69.6. The fraction of sp³-hybridized carbons (Fsp3) is 0.0328. The standard InChI is InChI=1S/C64H45N.C58H41N/c1-42-19-35-56-59(38-42)63(50-28-24-46(25-29-50)44-12-6-3-7-13-44)55-34-18-43(2)39-60(55)64(56)51-30-26-48(27-31-51)47-20-22-49(23-21-47)53-33-37-62-58(41-53)57-40-52(45-14-8-4-9-15-45)32-36-61(57)65(62)54-16-10-5-11-17-54;1-38-19-31-50-53(34-38)57(44-14-8-4-9-15-44)49-30-18-39(2)35-54(49)58(50)45-26-24-42(25-27-45)41-20-22-43(23-21-41)47-29-33-56-52(37-47)51-36-46(40-12-6-3-7-13-40)28-32-55(51)59(56)48-16-10-5-11-17-48/h3-41H,1-2H3;3-37H,1-2H3. The lowest BCUT2D eigenvalue weighted by atomic mass is 9.84. The number of benzene rings is 21. The summed E-state index contributed by atoms with van der Waals surface area (Å²) in [4.78, 5) is 0. The van der Waals surface area contributed by atoms with Gasteiger partial charge in [0.25, 0.3) is 0 Å². The molecule has 0 amide bonds. The first-order chi connectivity index (χ1) is 61.1. The molecule has 23 aromatic rings. The normalized spacial score (nSPS) is 11.5. The molecule has 0 fully saturated rings.